The van der Waals surface area contributed by atoms with E-state index < -0.39 is 12.1 Å². The Hall–Kier alpha value is -3.80. The van der Waals surface area contributed by atoms with Crippen LogP contribution >= 0.6 is 0 Å². The van der Waals surface area contributed by atoms with E-state index >= 15 is 0 Å². The molecule has 0 spiro atoms. The fraction of sp³-hybridized carbons (Fsp3) is 0.0476. The third-order valence-electron chi connectivity index (χ3n) is 3.74. The third-order valence-corrected chi connectivity index (χ3v) is 3.74. The number of carbonyl (C=O) groups excluding carboxylic acids is 2. The van der Waals surface area contributed by atoms with Gasteiger partial charge in [-0.3, -0.25) is 0 Å². The van der Waals surface area contributed by atoms with Crippen molar-refractivity contribution in [2.45, 2.75) is 0 Å². The quantitative estimate of drug-likeness (QED) is 0.545. The highest BCUT2D eigenvalue weighted by atomic mass is 16.7. The highest BCUT2D eigenvalue weighted by Gasteiger charge is 2.25. The molecule has 0 bridgehead atoms. The van der Waals surface area contributed by atoms with E-state index in [2.05, 4.69) is 0 Å². The maximum Gasteiger partial charge on any atom is 0.519 e. The molecule has 0 radical (unpaired) electrons. The molecule has 0 saturated heterocycles. The van der Waals surface area contributed by atoms with Crippen LogP contribution in [0.5, 0.6) is 17.2 Å². The molecule has 0 fully saturated rings. The summed E-state index contributed by atoms with van der Waals surface area (Å²) < 4.78 is 15.0. The number of rotatable bonds is 4. The van der Waals surface area contributed by atoms with Gasteiger partial charge in [0.2, 0.25) is 0 Å². The van der Waals surface area contributed by atoms with Crippen LogP contribution in [0.25, 0.3) is 11.1 Å². The van der Waals surface area contributed by atoms with Gasteiger partial charge in [0.25, 0.3) is 0 Å². The Bertz CT molecular complexity index is 951. The lowest BCUT2D eigenvalue weighted by molar-refractivity contribution is 0.0597. The van der Waals surface area contributed by atoms with Gasteiger partial charge in [0.15, 0.2) is 11.5 Å². The van der Waals surface area contributed by atoms with Gasteiger partial charge in [0.05, 0.1) is 7.11 Å². The second-order valence-electron chi connectivity index (χ2n) is 5.46. The van der Waals surface area contributed by atoms with E-state index in [-0.39, 0.29) is 22.8 Å². The minimum Gasteiger partial charge on any atom is -0.504 e. The van der Waals surface area contributed by atoms with E-state index in [4.69, 9.17) is 14.2 Å². The Kier molecular flexibility index (Phi) is 5.37. The zero-order valence-corrected chi connectivity index (χ0v) is 14.4. The molecule has 0 atom stereocenters. The second kappa shape index (κ2) is 8.05. The predicted octanol–water partition coefficient (Wildman–Crippen LogP) is 4.42. The van der Waals surface area contributed by atoms with Crippen molar-refractivity contribution < 1.29 is 28.9 Å². The normalized spacial score (nSPS) is 10.1. The van der Waals surface area contributed by atoms with Crippen LogP contribution in [0.1, 0.15) is 10.4 Å². The topological polar surface area (TPSA) is 82.1 Å². The van der Waals surface area contributed by atoms with Crippen molar-refractivity contribution >= 4 is 12.1 Å². The average molecular weight is 364 g/mol. The Morgan fingerprint density at radius 2 is 1.44 bits per heavy atom. The smallest absolute Gasteiger partial charge is 0.504 e. The molecule has 0 amide bonds. The van der Waals surface area contributed by atoms with Crippen LogP contribution in [0, 0.1) is 0 Å². The molecule has 0 aliphatic carbocycles. The van der Waals surface area contributed by atoms with Gasteiger partial charge in [-0.05, 0) is 29.8 Å². The highest BCUT2D eigenvalue weighted by Crippen LogP contribution is 2.38. The highest BCUT2D eigenvalue weighted by molar-refractivity contribution is 6.01. The SMILES string of the molecule is COC(=O)c1c(-c2ccccc2)ccc(O)c1OC(=O)Oc1ccccc1. The third kappa shape index (κ3) is 4.07. The van der Waals surface area contributed by atoms with Gasteiger partial charge in [-0.25, -0.2) is 9.59 Å². The van der Waals surface area contributed by atoms with E-state index in [9.17, 15) is 14.7 Å². The van der Waals surface area contributed by atoms with E-state index in [1.165, 1.54) is 13.2 Å². The van der Waals surface area contributed by atoms with Crippen molar-refractivity contribution in [2.24, 2.45) is 0 Å². The van der Waals surface area contributed by atoms with Crippen molar-refractivity contribution in [2.75, 3.05) is 7.11 Å². The first-order valence-electron chi connectivity index (χ1n) is 8.04. The fourth-order valence-corrected chi connectivity index (χ4v) is 2.53. The summed E-state index contributed by atoms with van der Waals surface area (Å²) in [6.45, 7) is 0. The van der Waals surface area contributed by atoms with Crippen molar-refractivity contribution in [3.8, 4) is 28.4 Å². The van der Waals surface area contributed by atoms with Crippen LogP contribution < -0.4 is 9.47 Å². The molecule has 3 rings (SSSR count). The number of ether oxygens (including phenoxy) is 3. The first-order valence-corrected chi connectivity index (χ1v) is 8.04. The first kappa shape index (κ1) is 18.0. The van der Waals surface area contributed by atoms with Gasteiger partial charge in [-0.15, -0.1) is 0 Å². The lowest BCUT2D eigenvalue weighted by Gasteiger charge is -2.14. The largest absolute Gasteiger partial charge is 0.519 e. The predicted molar refractivity (Wildman–Crippen MR) is 98.0 cm³/mol. The van der Waals surface area contributed by atoms with E-state index in [1.54, 1.807) is 60.7 Å². The molecule has 1 N–H and O–H groups in total. The van der Waals surface area contributed by atoms with Gasteiger partial charge in [-0.1, -0.05) is 48.5 Å². The summed E-state index contributed by atoms with van der Waals surface area (Å²) in [5.74, 6) is -1.21. The molecule has 0 aliphatic rings. The fourth-order valence-electron chi connectivity index (χ4n) is 2.53. The summed E-state index contributed by atoms with van der Waals surface area (Å²) >= 11 is 0. The molecule has 0 unspecified atom stereocenters. The second-order valence-corrected chi connectivity index (χ2v) is 5.46. The molecule has 27 heavy (non-hydrogen) atoms. The number of benzene rings is 3. The molecule has 3 aromatic rings. The van der Waals surface area contributed by atoms with Crippen LogP contribution in [0.4, 0.5) is 4.79 Å². The number of phenolic OH excluding ortho intramolecular Hbond substituents is 1. The molecule has 0 saturated carbocycles. The molecule has 136 valence electrons. The minimum atomic E-state index is -1.09. The number of carbonyl (C=O) groups is 2. The van der Waals surface area contributed by atoms with Crippen molar-refractivity contribution in [1.29, 1.82) is 0 Å². The Labute approximate surface area is 155 Å². The Morgan fingerprint density at radius 1 is 0.815 bits per heavy atom. The van der Waals surface area contributed by atoms with Crippen LogP contribution in [-0.4, -0.2) is 24.3 Å². The maximum atomic E-state index is 12.4. The molecule has 6 nitrogen and oxygen atoms in total. The number of aromatic hydroxyl groups is 1. The first-order chi connectivity index (χ1) is 13.1. The number of phenols is 1. The number of esters is 1. The molecule has 0 aromatic heterocycles. The van der Waals surface area contributed by atoms with E-state index in [0.29, 0.717) is 11.1 Å². The summed E-state index contributed by atoms with van der Waals surface area (Å²) in [4.78, 5) is 24.5. The molecule has 0 aliphatic heterocycles. The summed E-state index contributed by atoms with van der Waals surface area (Å²) in [6, 6.07) is 20.2. The van der Waals surface area contributed by atoms with Crippen LogP contribution in [-0.2, 0) is 4.74 Å². The van der Waals surface area contributed by atoms with Crippen LogP contribution in [0.2, 0.25) is 0 Å². The number of hydrogen-bond acceptors (Lipinski definition) is 6. The van der Waals surface area contributed by atoms with Gasteiger partial charge in [0, 0.05) is 5.56 Å². The zero-order chi connectivity index (χ0) is 19.2. The van der Waals surface area contributed by atoms with Crippen LogP contribution in [0.15, 0.2) is 72.8 Å². The van der Waals surface area contributed by atoms with Crippen molar-refractivity contribution in [3.05, 3.63) is 78.4 Å². The Morgan fingerprint density at radius 3 is 2.07 bits per heavy atom. The lowest BCUT2D eigenvalue weighted by atomic mass is 9.98. The van der Waals surface area contributed by atoms with Crippen molar-refractivity contribution in [3.63, 3.8) is 0 Å². The number of methoxy groups -OCH3 is 1. The average Bonchev–Trinajstić information content (AvgIpc) is 2.70. The summed E-state index contributed by atoms with van der Waals surface area (Å²) in [5.41, 5.74) is 1.07. The van der Waals surface area contributed by atoms with E-state index in [0.717, 1.165) is 0 Å². The van der Waals surface area contributed by atoms with Gasteiger partial charge in [-0.2, -0.15) is 0 Å². The molecule has 6 heteroatoms. The van der Waals surface area contributed by atoms with Gasteiger partial charge in [0.1, 0.15) is 11.3 Å². The number of para-hydroxylation sites is 1. The van der Waals surface area contributed by atoms with Crippen LogP contribution in [0.3, 0.4) is 0 Å². The molecular weight excluding hydrogens is 348 g/mol. The molecule has 0 heterocycles. The monoisotopic (exact) mass is 364 g/mol. The molecule has 3 aromatic carbocycles. The summed E-state index contributed by atoms with van der Waals surface area (Å²) in [5, 5.41) is 10.2. The lowest BCUT2D eigenvalue weighted by Crippen LogP contribution is -2.17. The summed E-state index contributed by atoms with van der Waals surface area (Å²) in [6.07, 6.45) is -1.09. The minimum absolute atomic E-state index is 0.0753. The van der Waals surface area contributed by atoms with E-state index in [1.807, 2.05) is 6.07 Å². The maximum absolute atomic E-state index is 12.4. The summed E-state index contributed by atoms with van der Waals surface area (Å²) in [7, 11) is 1.20. The standard InChI is InChI=1S/C21H16O6/c1-25-20(23)18-16(14-8-4-2-5-9-14)12-13-17(22)19(18)27-21(24)26-15-10-6-3-7-11-15/h2-13,22H,1H3. The Balaban J connectivity index is 2.01. The molecular formula is C21H16O6. The van der Waals surface area contributed by atoms with Crippen molar-refractivity contribution in [1.82, 2.24) is 0 Å². The zero-order valence-electron chi connectivity index (χ0n) is 14.4. The number of hydrogen-bond donors (Lipinski definition) is 1. The van der Waals surface area contributed by atoms with Gasteiger partial charge < -0.3 is 19.3 Å². The van der Waals surface area contributed by atoms with Gasteiger partial charge >= 0.3 is 12.1 Å².